The molecule has 0 aromatic carbocycles. The second-order valence-electron chi connectivity index (χ2n) is 13.4. The molecule has 3 rings (SSSR count). The molecule has 10 heteroatoms. The van der Waals surface area contributed by atoms with E-state index in [0.29, 0.717) is 32.4 Å². The van der Waals surface area contributed by atoms with Crippen LogP contribution in [-0.4, -0.2) is 98.8 Å². The minimum atomic E-state index is -1.48. The Balaban J connectivity index is 1.71. The van der Waals surface area contributed by atoms with Crippen LogP contribution in [0, 0.1) is 17.8 Å². The van der Waals surface area contributed by atoms with Crippen LogP contribution in [-0.2, 0) is 19.0 Å². The van der Waals surface area contributed by atoms with Crippen molar-refractivity contribution in [3.8, 4) is 0 Å². The smallest absolute Gasteiger partial charge is 0.410 e. The van der Waals surface area contributed by atoms with Crippen molar-refractivity contribution < 1.29 is 44.2 Å². The van der Waals surface area contributed by atoms with Crippen LogP contribution in [0.3, 0.4) is 0 Å². The Labute approximate surface area is 262 Å². The number of epoxide rings is 1. The summed E-state index contributed by atoms with van der Waals surface area (Å²) in [4.78, 5) is 27.3. The molecular formula is C34H55NO9. The van der Waals surface area contributed by atoms with Gasteiger partial charge in [0, 0.05) is 24.9 Å². The number of amides is 1. The van der Waals surface area contributed by atoms with Crippen LogP contribution in [0.2, 0.25) is 0 Å². The van der Waals surface area contributed by atoms with Crippen molar-refractivity contribution in [3.05, 3.63) is 36.0 Å². The fourth-order valence-corrected chi connectivity index (χ4v) is 6.02. The van der Waals surface area contributed by atoms with Crippen molar-refractivity contribution in [2.75, 3.05) is 13.1 Å². The number of cyclic esters (lactones) is 1. The van der Waals surface area contributed by atoms with Gasteiger partial charge in [0.25, 0.3) is 0 Å². The van der Waals surface area contributed by atoms with E-state index < -0.39 is 42.1 Å². The first kappa shape index (κ1) is 36.2. The molecule has 0 bridgehead atoms. The van der Waals surface area contributed by atoms with E-state index in [9.17, 15) is 30.0 Å². The molecule has 1 amide bonds. The average molecular weight is 622 g/mol. The van der Waals surface area contributed by atoms with E-state index in [1.165, 1.54) is 4.90 Å². The number of nitrogens with zero attached hydrogens (tertiary/aromatic N) is 1. The fourth-order valence-electron chi connectivity index (χ4n) is 6.02. The number of allylic oxidation sites excluding steroid dienone is 3. The number of rotatable bonds is 9. The molecule has 250 valence electrons. The molecule has 10 atom stereocenters. The maximum absolute atomic E-state index is 13.0. The van der Waals surface area contributed by atoms with Crippen molar-refractivity contribution in [2.24, 2.45) is 17.8 Å². The van der Waals surface area contributed by atoms with Gasteiger partial charge in [-0.05, 0) is 69.9 Å². The number of hydrogen-bond donors (Lipinski definition) is 4. The molecule has 3 heterocycles. The van der Waals surface area contributed by atoms with Gasteiger partial charge in [-0.15, -0.1) is 0 Å². The Bertz CT molecular complexity index is 1030. The van der Waals surface area contributed by atoms with Gasteiger partial charge in [-0.1, -0.05) is 52.0 Å². The van der Waals surface area contributed by atoms with E-state index in [4.69, 9.17) is 14.2 Å². The Morgan fingerprint density at radius 1 is 1.18 bits per heavy atom. The van der Waals surface area contributed by atoms with Gasteiger partial charge >= 0.3 is 12.1 Å². The largest absolute Gasteiger partial charge is 0.457 e. The van der Waals surface area contributed by atoms with Crippen molar-refractivity contribution in [1.82, 2.24) is 4.90 Å². The van der Waals surface area contributed by atoms with Gasteiger partial charge in [0.2, 0.25) is 0 Å². The van der Waals surface area contributed by atoms with Crippen LogP contribution in [0.1, 0.15) is 86.5 Å². The lowest BCUT2D eigenvalue weighted by Crippen LogP contribution is -2.47. The average Bonchev–Trinajstić information content (AvgIpc) is 3.74. The molecule has 3 aliphatic heterocycles. The lowest BCUT2D eigenvalue weighted by Gasteiger charge is -2.35. The van der Waals surface area contributed by atoms with Crippen LogP contribution in [0.5, 0.6) is 0 Å². The second kappa shape index (κ2) is 16.4. The number of carbonyl (C=O) groups is 2. The quantitative estimate of drug-likeness (QED) is 0.129. The van der Waals surface area contributed by atoms with Crippen LogP contribution in [0.15, 0.2) is 36.0 Å². The Morgan fingerprint density at radius 2 is 1.86 bits per heavy atom. The van der Waals surface area contributed by atoms with Gasteiger partial charge in [-0.25, -0.2) is 4.79 Å². The van der Waals surface area contributed by atoms with E-state index in [2.05, 4.69) is 13.0 Å². The summed E-state index contributed by atoms with van der Waals surface area (Å²) >= 11 is 0. The molecule has 10 unspecified atom stereocenters. The standard InChI is InChI=1S/C34H55NO9/c1-7-27(38)24(5)32-28(42-32)19-21(2)9-8-10-22(3)31-23(4)11-12-29(43-33(40)35-17-14-25(36)15-18-35)34(6,41)16-13-26(37)20-30(39)44-31/h8-12,21,23-29,31-32,36-38,41H,7,13-20H2,1-6H3/b9-8+,12-11-,22-10+. The summed E-state index contributed by atoms with van der Waals surface area (Å²) in [5.41, 5.74) is -0.681. The molecule has 2 fully saturated rings. The Morgan fingerprint density at radius 3 is 2.52 bits per heavy atom. The van der Waals surface area contributed by atoms with Crippen molar-refractivity contribution in [3.63, 3.8) is 0 Å². The Hall–Kier alpha value is -2.24. The summed E-state index contributed by atoms with van der Waals surface area (Å²) in [6.07, 6.45) is 8.11. The molecule has 4 N–H and O–H groups in total. The zero-order valence-corrected chi connectivity index (χ0v) is 27.3. The van der Waals surface area contributed by atoms with Gasteiger partial charge in [0.1, 0.15) is 11.7 Å². The maximum Gasteiger partial charge on any atom is 0.410 e. The summed E-state index contributed by atoms with van der Waals surface area (Å²) in [7, 11) is 0. The van der Waals surface area contributed by atoms with E-state index >= 15 is 0 Å². The normalized spacial score (nSPS) is 35.6. The zero-order valence-electron chi connectivity index (χ0n) is 27.3. The van der Waals surface area contributed by atoms with E-state index in [1.807, 2.05) is 39.8 Å². The van der Waals surface area contributed by atoms with Crippen LogP contribution < -0.4 is 0 Å². The summed E-state index contributed by atoms with van der Waals surface area (Å²) in [5.74, 6) is -0.500. The van der Waals surface area contributed by atoms with Crippen molar-refractivity contribution >= 4 is 12.1 Å². The molecule has 44 heavy (non-hydrogen) atoms. The molecule has 0 aliphatic carbocycles. The molecule has 2 saturated heterocycles. The SMILES string of the molecule is CCC(O)C(C)C1OC1CC(C)/C=C/C=C(\C)C1OC(=O)CC(O)CCC(C)(O)C(OC(=O)N2CCC(O)CC2)/C=C\C1C. The molecule has 0 saturated carbocycles. The van der Waals surface area contributed by atoms with Crippen molar-refractivity contribution in [2.45, 2.75) is 135 Å². The maximum atomic E-state index is 13.0. The summed E-state index contributed by atoms with van der Waals surface area (Å²) < 4.78 is 17.5. The van der Waals surface area contributed by atoms with Gasteiger partial charge in [0.05, 0.1) is 36.9 Å². The van der Waals surface area contributed by atoms with E-state index in [-0.39, 0.29) is 55.3 Å². The van der Waals surface area contributed by atoms with E-state index in [1.54, 1.807) is 19.1 Å². The minimum Gasteiger partial charge on any atom is -0.457 e. The van der Waals surface area contributed by atoms with E-state index in [0.717, 1.165) is 12.0 Å². The third-order valence-electron chi connectivity index (χ3n) is 9.29. The summed E-state index contributed by atoms with van der Waals surface area (Å²) in [6.45, 7) is 12.2. The van der Waals surface area contributed by atoms with Crippen LogP contribution in [0.25, 0.3) is 0 Å². The van der Waals surface area contributed by atoms with Gasteiger partial charge in [0.15, 0.2) is 6.10 Å². The topological polar surface area (TPSA) is 149 Å². The molecule has 3 aliphatic rings. The first-order valence-electron chi connectivity index (χ1n) is 16.3. The van der Waals surface area contributed by atoms with Gasteiger partial charge in [-0.3, -0.25) is 4.79 Å². The monoisotopic (exact) mass is 621 g/mol. The number of esters is 1. The first-order chi connectivity index (χ1) is 20.7. The molecule has 0 spiro atoms. The highest BCUT2D eigenvalue weighted by Crippen LogP contribution is 2.36. The number of likely N-dealkylation sites (tertiary alicyclic amines) is 1. The highest BCUT2D eigenvalue weighted by molar-refractivity contribution is 5.70. The second-order valence-corrected chi connectivity index (χ2v) is 13.4. The molecular weight excluding hydrogens is 566 g/mol. The molecule has 0 aromatic rings. The fraction of sp³-hybridized carbons (Fsp3) is 0.765. The predicted molar refractivity (Wildman–Crippen MR) is 167 cm³/mol. The predicted octanol–water partition coefficient (Wildman–Crippen LogP) is 4.05. The van der Waals surface area contributed by atoms with Crippen LogP contribution in [0.4, 0.5) is 4.79 Å². The lowest BCUT2D eigenvalue weighted by atomic mass is 9.88. The number of piperidine rings is 1. The molecule has 10 nitrogen and oxygen atoms in total. The van der Waals surface area contributed by atoms with Crippen LogP contribution >= 0.6 is 0 Å². The van der Waals surface area contributed by atoms with Crippen molar-refractivity contribution in [1.29, 1.82) is 0 Å². The highest BCUT2D eigenvalue weighted by atomic mass is 16.6. The third-order valence-corrected chi connectivity index (χ3v) is 9.29. The third kappa shape index (κ3) is 10.7. The minimum absolute atomic E-state index is 0.0910. The highest BCUT2D eigenvalue weighted by Gasteiger charge is 2.45. The molecule has 0 radical (unpaired) electrons. The summed E-state index contributed by atoms with van der Waals surface area (Å²) in [5, 5.41) is 41.8. The van der Waals surface area contributed by atoms with Gasteiger partial charge < -0.3 is 39.5 Å². The summed E-state index contributed by atoms with van der Waals surface area (Å²) in [6, 6.07) is 0. The number of aliphatic hydroxyl groups is 4. The number of ether oxygens (including phenoxy) is 3. The number of hydrogen-bond acceptors (Lipinski definition) is 9. The number of carbonyl (C=O) groups excluding carboxylic acids is 2. The lowest BCUT2D eigenvalue weighted by molar-refractivity contribution is -0.151. The Kier molecular flexibility index (Phi) is 13.5. The first-order valence-corrected chi connectivity index (χ1v) is 16.3. The number of aliphatic hydroxyl groups excluding tert-OH is 3. The van der Waals surface area contributed by atoms with Gasteiger partial charge in [-0.2, -0.15) is 0 Å². The molecule has 0 aromatic heterocycles. The zero-order chi connectivity index (χ0) is 32.6.